The molecule has 0 spiro atoms. The van der Waals surface area contributed by atoms with Crippen LogP contribution in [0.15, 0.2) is 42.7 Å². The first-order valence-electron chi connectivity index (χ1n) is 7.33. The lowest BCUT2D eigenvalue weighted by Crippen LogP contribution is -2.39. The van der Waals surface area contributed by atoms with Crippen LogP contribution in [-0.4, -0.2) is 29.5 Å². The van der Waals surface area contributed by atoms with Gasteiger partial charge in [0.25, 0.3) is 0 Å². The molecule has 0 radical (unpaired) electrons. The van der Waals surface area contributed by atoms with Gasteiger partial charge in [0, 0.05) is 26.0 Å². The van der Waals surface area contributed by atoms with Crippen LogP contribution in [0.5, 0.6) is 0 Å². The van der Waals surface area contributed by atoms with E-state index in [9.17, 15) is 13.6 Å². The summed E-state index contributed by atoms with van der Waals surface area (Å²) in [6, 6.07) is 6.79. The molecule has 1 heterocycles. The van der Waals surface area contributed by atoms with E-state index in [1.54, 1.807) is 26.4 Å². The van der Waals surface area contributed by atoms with E-state index in [0.717, 1.165) is 17.7 Å². The van der Waals surface area contributed by atoms with Crippen molar-refractivity contribution in [3.63, 3.8) is 0 Å². The monoisotopic (exact) mass is 319 g/mol. The van der Waals surface area contributed by atoms with Gasteiger partial charge < -0.3 is 10.2 Å². The van der Waals surface area contributed by atoms with Crippen molar-refractivity contribution in [3.05, 3.63) is 65.5 Å². The maximum atomic E-state index is 13.3. The minimum Gasteiger partial charge on any atom is -0.338 e. The third-order valence-corrected chi connectivity index (χ3v) is 3.74. The number of nitrogens with one attached hydrogen (secondary N) is 1. The average molecular weight is 319 g/mol. The number of halogens is 2. The Balaban J connectivity index is 1.89. The molecule has 1 unspecified atom stereocenters. The zero-order valence-corrected chi connectivity index (χ0v) is 13.1. The van der Waals surface area contributed by atoms with E-state index in [1.165, 1.54) is 11.0 Å². The fourth-order valence-electron chi connectivity index (χ4n) is 2.16. The highest BCUT2D eigenvalue weighted by Gasteiger charge is 2.18. The molecule has 0 aliphatic heterocycles. The molecular formula is C17H19F2N3O. The highest BCUT2D eigenvalue weighted by Crippen LogP contribution is 2.20. The van der Waals surface area contributed by atoms with E-state index in [1.807, 2.05) is 12.1 Å². The van der Waals surface area contributed by atoms with Crippen molar-refractivity contribution in [2.24, 2.45) is 0 Å². The summed E-state index contributed by atoms with van der Waals surface area (Å²) in [6.07, 6.45) is 4.12. The second-order valence-corrected chi connectivity index (χ2v) is 5.30. The van der Waals surface area contributed by atoms with Crippen LogP contribution in [0.1, 0.15) is 24.1 Å². The second kappa shape index (κ2) is 7.67. The Labute approximate surface area is 134 Å². The number of aromatic nitrogens is 1. The third-order valence-electron chi connectivity index (χ3n) is 3.74. The molecule has 0 fully saturated rings. The smallest absolute Gasteiger partial charge is 0.317 e. The molecular weight excluding hydrogens is 300 g/mol. The molecule has 2 rings (SSSR count). The molecule has 0 saturated heterocycles. The Hall–Kier alpha value is -2.50. The molecule has 0 saturated carbocycles. The third kappa shape index (κ3) is 4.48. The van der Waals surface area contributed by atoms with E-state index in [4.69, 9.17) is 0 Å². The molecule has 0 aliphatic rings. The molecule has 0 bridgehead atoms. The van der Waals surface area contributed by atoms with Crippen LogP contribution in [-0.2, 0) is 6.42 Å². The standard InChI is InChI=1S/C17H19F2N3O/c1-12(14-5-6-15(18)16(19)10-14)22(2)17(23)21-9-7-13-4-3-8-20-11-13/h3-6,8,10-12H,7,9H2,1-2H3,(H,21,23). The first-order chi connectivity index (χ1) is 11.0. The van der Waals surface area contributed by atoms with Crippen LogP contribution in [0.4, 0.5) is 13.6 Å². The van der Waals surface area contributed by atoms with Crippen LogP contribution in [0, 0.1) is 11.6 Å². The van der Waals surface area contributed by atoms with E-state index in [-0.39, 0.29) is 12.1 Å². The molecule has 0 aliphatic carbocycles. The Morgan fingerprint density at radius 3 is 2.74 bits per heavy atom. The maximum absolute atomic E-state index is 13.3. The van der Waals surface area contributed by atoms with Gasteiger partial charge in [0.2, 0.25) is 0 Å². The van der Waals surface area contributed by atoms with Crippen LogP contribution < -0.4 is 5.32 Å². The lowest BCUT2D eigenvalue weighted by molar-refractivity contribution is 0.194. The predicted octanol–water partition coefficient (Wildman–Crippen LogP) is 3.30. The lowest BCUT2D eigenvalue weighted by Gasteiger charge is -2.25. The fraction of sp³-hybridized carbons (Fsp3) is 0.294. The van der Waals surface area contributed by atoms with Gasteiger partial charge >= 0.3 is 6.03 Å². The highest BCUT2D eigenvalue weighted by molar-refractivity contribution is 5.74. The van der Waals surface area contributed by atoms with Crippen LogP contribution in [0.2, 0.25) is 0 Å². The Morgan fingerprint density at radius 1 is 1.30 bits per heavy atom. The Bertz CT molecular complexity index is 664. The number of benzene rings is 1. The summed E-state index contributed by atoms with van der Waals surface area (Å²) >= 11 is 0. The number of hydrogen-bond acceptors (Lipinski definition) is 2. The molecule has 122 valence electrons. The maximum Gasteiger partial charge on any atom is 0.317 e. The van der Waals surface area contributed by atoms with E-state index < -0.39 is 11.6 Å². The minimum atomic E-state index is -0.917. The summed E-state index contributed by atoms with van der Waals surface area (Å²) in [6.45, 7) is 2.23. The number of rotatable bonds is 5. The number of carbonyl (C=O) groups excluding carboxylic acids is 1. The van der Waals surface area contributed by atoms with Gasteiger partial charge in [-0.3, -0.25) is 4.98 Å². The number of hydrogen-bond donors (Lipinski definition) is 1. The van der Waals surface area contributed by atoms with Crippen molar-refractivity contribution < 1.29 is 13.6 Å². The summed E-state index contributed by atoms with van der Waals surface area (Å²) in [5.41, 5.74) is 1.57. The van der Waals surface area contributed by atoms with Gasteiger partial charge in [-0.15, -0.1) is 0 Å². The van der Waals surface area contributed by atoms with Crippen molar-refractivity contribution in [1.29, 1.82) is 0 Å². The average Bonchev–Trinajstić information content (AvgIpc) is 2.57. The summed E-state index contributed by atoms with van der Waals surface area (Å²) in [5, 5.41) is 2.80. The molecule has 1 aromatic carbocycles. The second-order valence-electron chi connectivity index (χ2n) is 5.30. The molecule has 1 N–H and O–H groups in total. The molecule has 6 heteroatoms. The van der Waals surface area contributed by atoms with Gasteiger partial charge in [-0.05, 0) is 42.7 Å². The zero-order valence-electron chi connectivity index (χ0n) is 13.1. The highest BCUT2D eigenvalue weighted by atomic mass is 19.2. The quantitative estimate of drug-likeness (QED) is 0.919. The van der Waals surface area contributed by atoms with Gasteiger partial charge in [0.05, 0.1) is 6.04 Å². The van der Waals surface area contributed by atoms with Gasteiger partial charge in [-0.25, -0.2) is 13.6 Å². The van der Waals surface area contributed by atoms with E-state index >= 15 is 0 Å². The van der Waals surface area contributed by atoms with Crippen LogP contribution in [0.25, 0.3) is 0 Å². The summed E-state index contributed by atoms with van der Waals surface area (Å²) in [7, 11) is 1.62. The van der Waals surface area contributed by atoms with Gasteiger partial charge in [0.15, 0.2) is 11.6 Å². The SMILES string of the molecule is CC(c1ccc(F)c(F)c1)N(C)C(=O)NCCc1cccnc1. The largest absolute Gasteiger partial charge is 0.338 e. The van der Waals surface area contributed by atoms with E-state index in [2.05, 4.69) is 10.3 Å². The van der Waals surface area contributed by atoms with Crippen LogP contribution in [0.3, 0.4) is 0 Å². The lowest BCUT2D eigenvalue weighted by atomic mass is 10.1. The number of carbonyl (C=O) groups is 1. The molecule has 1 aromatic heterocycles. The molecule has 1 atom stereocenters. The van der Waals surface area contributed by atoms with Gasteiger partial charge in [0.1, 0.15) is 0 Å². The summed E-state index contributed by atoms with van der Waals surface area (Å²) in [4.78, 5) is 17.6. The van der Waals surface area contributed by atoms with Crippen molar-refractivity contribution in [2.45, 2.75) is 19.4 Å². The number of nitrogens with zero attached hydrogens (tertiary/aromatic N) is 2. The first-order valence-corrected chi connectivity index (χ1v) is 7.33. The Kier molecular flexibility index (Phi) is 5.62. The minimum absolute atomic E-state index is 0.272. The number of pyridine rings is 1. The van der Waals surface area contributed by atoms with Gasteiger partial charge in [-0.1, -0.05) is 12.1 Å². The first kappa shape index (κ1) is 16.9. The van der Waals surface area contributed by atoms with E-state index in [0.29, 0.717) is 18.5 Å². The number of urea groups is 1. The normalized spacial score (nSPS) is 11.8. The number of amides is 2. The molecule has 2 amide bonds. The Morgan fingerprint density at radius 2 is 2.09 bits per heavy atom. The fourth-order valence-corrected chi connectivity index (χ4v) is 2.16. The van der Waals surface area contributed by atoms with Crippen molar-refractivity contribution in [1.82, 2.24) is 15.2 Å². The molecule has 2 aromatic rings. The summed E-state index contributed by atoms with van der Waals surface area (Å²) < 4.78 is 26.3. The van der Waals surface area contributed by atoms with Crippen LogP contribution >= 0.6 is 0 Å². The van der Waals surface area contributed by atoms with Crippen molar-refractivity contribution >= 4 is 6.03 Å². The van der Waals surface area contributed by atoms with Gasteiger partial charge in [-0.2, -0.15) is 0 Å². The predicted molar refractivity (Wildman–Crippen MR) is 83.9 cm³/mol. The topological polar surface area (TPSA) is 45.2 Å². The molecule has 4 nitrogen and oxygen atoms in total. The zero-order chi connectivity index (χ0) is 16.8. The molecule has 23 heavy (non-hydrogen) atoms. The summed E-state index contributed by atoms with van der Waals surface area (Å²) in [5.74, 6) is -1.82. The van der Waals surface area contributed by atoms with Crippen molar-refractivity contribution in [2.75, 3.05) is 13.6 Å². The van der Waals surface area contributed by atoms with Crippen molar-refractivity contribution in [3.8, 4) is 0 Å².